The van der Waals surface area contributed by atoms with Crippen LogP contribution in [0.5, 0.6) is 0 Å². The van der Waals surface area contributed by atoms with Crippen molar-refractivity contribution in [2.45, 2.75) is 33.0 Å². The summed E-state index contributed by atoms with van der Waals surface area (Å²) < 4.78 is 10.7. The summed E-state index contributed by atoms with van der Waals surface area (Å²) >= 11 is 0. The molecule has 0 spiro atoms. The summed E-state index contributed by atoms with van der Waals surface area (Å²) in [7, 11) is 0. The largest absolute Gasteiger partial charge is 0.463 e. The second kappa shape index (κ2) is 8.19. The highest BCUT2D eigenvalue weighted by molar-refractivity contribution is 5.94. The van der Waals surface area contributed by atoms with Crippen LogP contribution in [0.25, 0.3) is 0 Å². The third-order valence-corrected chi connectivity index (χ3v) is 3.09. The molecule has 3 amide bonds. The fraction of sp³-hybridized carbons (Fsp3) is 0.375. The summed E-state index contributed by atoms with van der Waals surface area (Å²) in [6, 6.07) is 6.79. The summed E-state index contributed by atoms with van der Waals surface area (Å²) in [4.78, 5) is 24.5. The number of nitrogens with one attached hydrogen (secondary N) is 3. The zero-order chi connectivity index (χ0) is 16.7. The predicted molar refractivity (Wildman–Crippen MR) is 82.5 cm³/mol. The van der Waals surface area contributed by atoms with Crippen LogP contribution in [0.1, 0.15) is 25.4 Å². The first kappa shape index (κ1) is 16.8. The van der Waals surface area contributed by atoms with Gasteiger partial charge in [0.15, 0.2) is 18.1 Å². The third-order valence-electron chi connectivity index (χ3n) is 3.09. The van der Waals surface area contributed by atoms with Crippen LogP contribution in [0.3, 0.4) is 0 Å². The van der Waals surface area contributed by atoms with Gasteiger partial charge in [0, 0.05) is 6.04 Å². The maximum absolute atomic E-state index is 12.0. The van der Waals surface area contributed by atoms with Gasteiger partial charge in [-0.05, 0) is 38.1 Å². The average Bonchev–Trinajstić information content (AvgIpc) is 3.10. The second-order valence-corrected chi connectivity index (χ2v) is 5.62. The smallest absolute Gasteiger partial charge is 0.321 e. The molecule has 0 atom stereocenters. The van der Waals surface area contributed by atoms with E-state index in [1.165, 1.54) is 0 Å². The molecule has 0 aliphatic heterocycles. The Bertz CT molecular complexity index is 569. The lowest BCUT2D eigenvalue weighted by atomic mass is 10.3. The molecule has 7 nitrogen and oxygen atoms in total. The molecule has 0 unspecified atom stereocenters. The fourth-order valence-electron chi connectivity index (χ4n) is 2.20. The van der Waals surface area contributed by atoms with Crippen LogP contribution in [-0.2, 0) is 17.9 Å². The summed E-state index contributed by atoms with van der Waals surface area (Å²) in [5, 5.41) is 4.95. The third kappa shape index (κ3) is 5.99. The monoisotopic (exact) mass is 320 g/mol. The van der Waals surface area contributed by atoms with Crippen LogP contribution in [0, 0.1) is 0 Å². The van der Waals surface area contributed by atoms with Crippen LogP contribution in [0.4, 0.5) is 4.79 Å². The molecule has 0 aliphatic rings. The first-order chi connectivity index (χ1) is 11.0. The normalized spacial score (nSPS) is 11.0. The van der Waals surface area contributed by atoms with Crippen molar-refractivity contribution in [3.05, 3.63) is 48.3 Å². The molecule has 0 fully saturated rings. The lowest BCUT2D eigenvalue weighted by Gasteiger charge is -2.17. The summed E-state index contributed by atoms with van der Waals surface area (Å²) in [5.41, 5.74) is 0. The number of urea groups is 1. The molecule has 0 bridgehead atoms. The van der Waals surface area contributed by atoms with Gasteiger partial charge in [0.05, 0.1) is 12.5 Å². The lowest BCUT2D eigenvalue weighted by molar-refractivity contribution is -0.921. The van der Waals surface area contributed by atoms with Gasteiger partial charge in [-0.1, -0.05) is 0 Å². The quantitative estimate of drug-likeness (QED) is 0.700. The van der Waals surface area contributed by atoms with E-state index in [-0.39, 0.29) is 18.5 Å². The molecule has 2 heterocycles. The van der Waals surface area contributed by atoms with E-state index in [1.54, 1.807) is 24.7 Å². The van der Waals surface area contributed by atoms with Crippen LogP contribution in [-0.4, -0.2) is 24.5 Å². The van der Waals surface area contributed by atoms with Gasteiger partial charge in [0.25, 0.3) is 5.91 Å². The molecular weight excluding hydrogens is 298 g/mol. The van der Waals surface area contributed by atoms with Crippen molar-refractivity contribution >= 4 is 11.9 Å². The Labute approximate surface area is 134 Å². The van der Waals surface area contributed by atoms with Gasteiger partial charge in [-0.2, -0.15) is 0 Å². The minimum absolute atomic E-state index is 0.0301. The summed E-state index contributed by atoms with van der Waals surface area (Å²) in [6.45, 7) is 4.83. The molecule has 2 rings (SSSR count). The minimum Gasteiger partial charge on any atom is -0.463 e. The lowest BCUT2D eigenvalue weighted by Crippen LogP contribution is -3.10. The molecule has 0 saturated heterocycles. The van der Waals surface area contributed by atoms with Crippen molar-refractivity contribution in [2.75, 3.05) is 6.54 Å². The molecule has 2 aromatic rings. The molecule has 3 N–H and O–H groups in total. The Balaban J connectivity index is 1.93. The Morgan fingerprint density at radius 2 is 1.65 bits per heavy atom. The van der Waals surface area contributed by atoms with Crippen LogP contribution < -0.4 is 15.5 Å². The molecule has 2 aromatic heterocycles. The molecular formula is C16H22N3O4+. The summed E-state index contributed by atoms with van der Waals surface area (Å²) in [5.74, 6) is 1.19. The van der Waals surface area contributed by atoms with Gasteiger partial charge in [0.2, 0.25) is 0 Å². The second-order valence-electron chi connectivity index (χ2n) is 5.62. The van der Waals surface area contributed by atoms with E-state index < -0.39 is 6.03 Å². The number of imide groups is 1. The van der Waals surface area contributed by atoms with Crippen molar-refractivity contribution in [1.29, 1.82) is 0 Å². The van der Waals surface area contributed by atoms with Crippen molar-refractivity contribution in [3.63, 3.8) is 0 Å². The van der Waals surface area contributed by atoms with Gasteiger partial charge in [-0.3, -0.25) is 10.1 Å². The Morgan fingerprint density at radius 3 is 2.09 bits per heavy atom. The number of carbonyl (C=O) groups is 2. The molecule has 0 radical (unpaired) electrons. The Morgan fingerprint density at radius 1 is 1.09 bits per heavy atom. The van der Waals surface area contributed by atoms with Gasteiger partial charge in [0.1, 0.15) is 13.1 Å². The van der Waals surface area contributed by atoms with E-state index in [0.717, 1.165) is 16.4 Å². The van der Waals surface area contributed by atoms with Crippen molar-refractivity contribution in [3.8, 4) is 0 Å². The highest BCUT2D eigenvalue weighted by Gasteiger charge is 2.19. The number of hydrogen-bond donors (Lipinski definition) is 3. The predicted octanol–water partition coefficient (Wildman–Crippen LogP) is 0.692. The van der Waals surface area contributed by atoms with Crippen LogP contribution >= 0.6 is 0 Å². The minimum atomic E-state index is -0.486. The maximum Gasteiger partial charge on any atom is 0.321 e. The standard InChI is InChI=1S/C16H21N3O4/c1-12(2)17-16(21)18-15(20)11-19(9-13-5-3-7-22-13)10-14-6-4-8-23-14/h3-8,12H,9-11H2,1-2H3,(H2,17,18,20,21)/p+1. The van der Waals surface area contributed by atoms with Crippen LogP contribution in [0.15, 0.2) is 45.6 Å². The maximum atomic E-state index is 12.0. The SMILES string of the molecule is CC(C)NC(=O)NC(=O)C[NH+](Cc1ccco1)Cc1ccco1. The van der Waals surface area contributed by atoms with E-state index in [9.17, 15) is 9.59 Å². The number of quaternary nitrogens is 1. The van der Waals surface area contributed by atoms with Gasteiger partial charge in [-0.15, -0.1) is 0 Å². The molecule has 124 valence electrons. The average molecular weight is 320 g/mol. The molecule has 23 heavy (non-hydrogen) atoms. The number of hydrogen-bond acceptors (Lipinski definition) is 4. The van der Waals surface area contributed by atoms with E-state index in [4.69, 9.17) is 8.83 Å². The molecule has 0 aliphatic carbocycles. The zero-order valence-electron chi connectivity index (χ0n) is 13.3. The highest BCUT2D eigenvalue weighted by Crippen LogP contribution is 1.99. The van der Waals surface area contributed by atoms with E-state index >= 15 is 0 Å². The summed E-state index contributed by atoms with van der Waals surface area (Å²) in [6.07, 6.45) is 3.19. The number of carbonyl (C=O) groups excluding carboxylic acids is 2. The van der Waals surface area contributed by atoms with E-state index in [2.05, 4.69) is 10.6 Å². The highest BCUT2D eigenvalue weighted by atomic mass is 16.3. The molecule has 7 heteroatoms. The first-order valence-electron chi connectivity index (χ1n) is 7.51. The van der Waals surface area contributed by atoms with Crippen molar-refractivity contribution < 1.29 is 23.3 Å². The van der Waals surface area contributed by atoms with Gasteiger partial charge >= 0.3 is 6.03 Å². The first-order valence-corrected chi connectivity index (χ1v) is 7.51. The van der Waals surface area contributed by atoms with E-state index in [1.807, 2.05) is 26.0 Å². The van der Waals surface area contributed by atoms with Gasteiger partial charge in [-0.25, -0.2) is 4.79 Å². The van der Waals surface area contributed by atoms with Crippen molar-refractivity contribution in [2.24, 2.45) is 0 Å². The Kier molecular flexibility index (Phi) is 5.99. The number of rotatable bonds is 7. The number of furan rings is 2. The zero-order valence-corrected chi connectivity index (χ0v) is 13.3. The van der Waals surface area contributed by atoms with Gasteiger partial charge < -0.3 is 19.1 Å². The topological polar surface area (TPSA) is 88.9 Å². The Hall–Kier alpha value is -2.54. The van der Waals surface area contributed by atoms with E-state index in [0.29, 0.717) is 13.1 Å². The van der Waals surface area contributed by atoms with Crippen molar-refractivity contribution in [1.82, 2.24) is 10.6 Å². The number of amides is 3. The molecule has 0 aromatic carbocycles. The van der Waals surface area contributed by atoms with Crippen LogP contribution in [0.2, 0.25) is 0 Å². The fourth-order valence-corrected chi connectivity index (χ4v) is 2.20. The molecule has 0 saturated carbocycles.